The summed E-state index contributed by atoms with van der Waals surface area (Å²) in [7, 11) is -3.68. The van der Waals surface area contributed by atoms with Crippen LogP contribution in [-0.2, 0) is 10.0 Å². The molecule has 3 rings (SSSR count). The highest BCUT2D eigenvalue weighted by Gasteiger charge is 2.13. The van der Waals surface area contributed by atoms with Gasteiger partial charge in [0.1, 0.15) is 5.75 Å². The molecule has 0 bridgehead atoms. The van der Waals surface area contributed by atoms with Gasteiger partial charge in [-0.3, -0.25) is 9.52 Å². The summed E-state index contributed by atoms with van der Waals surface area (Å²) in [5.74, 6) is 0.580. The van der Waals surface area contributed by atoms with E-state index >= 15 is 0 Å². The number of rotatable bonds is 8. The molecule has 0 radical (unpaired) electrons. The van der Waals surface area contributed by atoms with E-state index in [9.17, 15) is 13.2 Å². The van der Waals surface area contributed by atoms with Gasteiger partial charge in [-0.15, -0.1) is 6.58 Å². The summed E-state index contributed by atoms with van der Waals surface area (Å²) >= 11 is 0. The van der Waals surface area contributed by atoms with Crippen LogP contribution in [0.25, 0.3) is 0 Å². The average molecular weight is 409 g/mol. The Balaban J connectivity index is 1.63. The lowest BCUT2D eigenvalue weighted by molar-refractivity contribution is 0.0958. The molecule has 7 nitrogen and oxygen atoms in total. The minimum atomic E-state index is -3.68. The number of sulfonamides is 1. The van der Waals surface area contributed by atoms with E-state index in [-0.39, 0.29) is 16.7 Å². The summed E-state index contributed by atoms with van der Waals surface area (Å²) in [4.78, 5) is 16.1. The predicted octanol–water partition coefficient (Wildman–Crippen LogP) is 3.59. The number of ether oxygens (including phenoxy) is 1. The van der Waals surface area contributed by atoms with Crippen molar-refractivity contribution in [2.45, 2.75) is 4.90 Å². The zero-order valence-corrected chi connectivity index (χ0v) is 16.2. The standard InChI is InChI=1S/C21H19N3O4S/c1-2-14-22-21(25)16-8-11-18(12-9-16)28-20-13-10-17(15-23-20)24-29(26,27)19-6-4-3-5-7-19/h2-13,15,24H,1,14H2,(H,22,25). The van der Waals surface area contributed by atoms with Crippen LogP contribution in [0.4, 0.5) is 5.69 Å². The maximum Gasteiger partial charge on any atom is 0.261 e. The number of anilines is 1. The molecule has 1 amide bonds. The molecule has 29 heavy (non-hydrogen) atoms. The third kappa shape index (κ3) is 5.43. The molecular formula is C21H19N3O4S. The smallest absolute Gasteiger partial charge is 0.261 e. The van der Waals surface area contributed by atoms with Crippen molar-refractivity contribution in [1.82, 2.24) is 10.3 Å². The summed E-state index contributed by atoms with van der Waals surface area (Å²) in [6, 6.07) is 17.7. The van der Waals surface area contributed by atoms with E-state index < -0.39 is 10.0 Å². The van der Waals surface area contributed by atoms with Crippen molar-refractivity contribution in [3.63, 3.8) is 0 Å². The van der Waals surface area contributed by atoms with Crippen LogP contribution in [0.1, 0.15) is 10.4 Å². The van der Waals surface area contributed by atoms with Gasteiger partial charge in [-0.25, -0.2) is 13.4 Å². The van der Waals surface area contributed by atoms with Crippen molar-refractivity contribution < 1.29 is 17.9 Å². The van der Waals surface area contributed by atoms with E-state index in [4.69, 9.17) is 4.74 Å². The summed E-state index contributed by atoms with van der Waals surface area (Å²) in [6.45, 7) is 3.94. The van der Waals surface area contributed by atoms with Crippen molar-refractivity contribution in [1.29, 1.82) is 0 Å². The second-order valence-electron chi connectivity index (χ2n) is 5.93. The minimum Gasteiger partial charge on any atom is -0.439 e. The van der Waals surface area contributed by atoms with Gasteiger partial charge < -0.3 is 10.1 Å². The van der Waals surface area contributed by atoms with E-state index in [2.05, 4.69) is 21.6 Å². The first-order chi connectivity index (χ1) is 14.0. The minimum absolute atomic E-state index is 0.164. The topological polar surface area (TPSA) is 97.4 Å². The van der Waals surface area contributed by atoms with Gasteiger partial charge in [-0.2, -0.15) is 0 Å². The van der Waals surface area contributed by atoms with Gasteiger partial charge in [0.05, 0.1) is 16.8 Å². The highest BCUT2D eigenvalue weighted by Crippen LogP contribution is 2.22. The molecule has 1 aromatic heterocycles. The van der Waals surface area contributed by atoms with Crippen LogP contribution >= 0.6 is 0 Å². The number of amides is 1. The van der Waals surface area contributed by atoms with Gasteiger partial charge in [0.25, 0.3) is 15.9 Å². The summed E-state index contributed by atoms with van der Waals surface area (Å²) in [5, 5.41) is 2.69. The van der Waals surface area contributed by atoms with Crippen molar-refractivity contribution in [2.75, 3.05) is 11.3 Å². The zero-order valence-electron chi connectivity index (χ0n) is 15.4. The lowest BCUT2D eigenvalue weighted by Crippen LogP contribution is -2.22. The number of hydrogen-bond acceptors (Lipinski definition) is 5. The van der Waals surface area contributed by atoms with E-state index in [1.54, 1.807) is 60.7 Å². The van der Waals surface area contributed by atoms with Gasteiger partial charge in [-0.05, 0) is 42.5 Å². The fraction of sp³-hybridized carbons (Fsp3) is 0.0476. The molecule has 8 heteroatoms. The van der Waals surface area contributed by atoms with E-state index in [0.29, 0.717) is 23.5 Å². The number of benzene rings is 2. The van der Waals surface area contributed by atoms with Crippen LogP contribution < -0.4 is 14.8 Å². The fourth-order valence-electron chi connectivity index (χ4n) is 2.38. The summed E-state index contributed by atoms with van der Waals surface area (Å²) in [6.07, 6.45) is 2.97. The molecule has 0 unspecified atom stereocenters. The van der Waals surface area contributed by atoms with Crippen LogP contribution in [0.2, 0.25) is 0 Å². The Bertz CT molecular complexity index is 1080. The molecule has 0 fully saturated rings. The number of nitrogens with one attached hydrogen (secondary N) is 2. The lowest BCUT2D eigenvalue weighted by Gasteiger charge is -2.09. The average Bonchev–Trinajstić information content (AvgIpc) is 2.74. The SMILES string of the molecule is C=CCNC(=O)c1ccc(Oc2ccc(NS(=O)(=O)c3ccccc3)cn2)cc1. The molecule has 1 heterocycles. The molecule has 3 aromatic rings. The van der Waals surface area contributed by atoms with Crippen molar-refractivity contribution in [3.8, 4) is 11.6 Å². The molecule has 0 aliphatic carbocycles. The highest BCUT2D eigenvalue weighted by molar-refractivity contribution is 7.92. The Hall–Kier alpha value is -3.65. The summed E-state index contributed by atoms with van der Waals surface area (Å²) < 4.78 is 32.7. The number of nitrogens with zero attached hydrogens (tertiary/aromatic N) is 1. The third-order valence-corrected chi connectivity index (χ3v) is 5.19. The molecule has 0 saturated carbocycles. The van der Waals surface area contributed by atoms with Gasteiger partial charge in [0.2, 0.25) is 5.88 Å². The quantitative estimate of drug-likeness (QED) is 0.554. The van der Waals surface area contributed by atoms with Crippen molar-refractivity contribution >= 4 is 21.6 Å². The number of hydrogen-bond donors (Lipinski definition) is 2. The largest absolute Gasteiger partial charge is 0.439 e. The van der Waals surface area contributed by atoms with Gasteiger partial charge in [-0.1, -0.05) is 24.3 Å². The van der Waals surface area contributed by atoms with Gasteiger partial charge in [0, 0.05) is 18.2 Å². The molecule has 0 aliphatic rings. The number of pyridine rings is 1. The first kappa shape index (κ1) is 20.1. The Morgan fingerprint density at radius 1 is 1.03 bits per heavy atom. The lowest BCUT2D eigenvalue weighted by atomic mass is 10.2. The van der Waals surface area contributed by atoms with Crippen molar-refractivity contribution in [3.05, 3.63) is 91.1 Å². The molecule has 0 aliphatic heterocycles. The molecule has 2 N–H and O–H groups in total. The monoisotopic (exact) mass is 409 g/mol. The molecule has 148 valence electrons. The zero-order chi connectivity index (χ0) is 20.7. The van der Waals surface area contributed by atoms with Crippen LogP contribution in [0.15, 0.2) is 90.5 Å². The fourth-order valence-corrected chi connectivity index (χ4v) is 3.44. The number of carbonyl (C=O) groups is 1. The molecular weight excluding hydrogens is 390 g/mol. The number of carbonyl (C=O) groups excluding carboxylic acids is 1. The third-order valence-electron chi connectivity index (χ3n) is 3.79. The van der Waals surface area contributed by atoms with Gasteiger partial charge >= 0.3 is 0 Å². The Morgan fingerprint density at radius 3 is 2.38 bits per heavy atom. The van der Waals surface area contributed by atoms with Crippen LogP contribution in [0.5, 0.6) is 11.6 Å². The maximum absolute atomic E-state index is 12.3. The molecule has 0 saturated heterocycles. The van der Waals surface area contributed by atoms with Gasteiger partial charge in [0.15, 0.2) is 0 Å². The maximum atomic E-state index is 12.3. The van der Waals surface area contributed by atoms with E-state index in [1.807, 2.05) is 0 Å². The van der Waals surface area contributed by atoms with Crippen molar-refractivity contribution in [2.24, 2.45) is 0 Å². The van der Waals surface area contributed by atoms with Crippen LogP contribution in [0, 0.1) is 0 Å². The Morgan fingerprint density at radius 2 is 1.76 bits per heavy atom. The van der Waals surface area contributed by atoms with E-state index in [0.717, 1.165) is 0 Å². The normalized spacial score (nSPS) is 10.8. The molecule has 0 atom stereocenters. The molecule has 0 spiro atoms. The molecule has 2 aromatic carbocycles. The first-order valence-corrected chi connectivity index (χ1v) is 10.2. The van der Waals surface area contributed by atoms with E-state index in [1.165, 1.54) is 18.3 Å². The first-order valence-electron chi connectivity index (χ1n) is 8.69. The second kappa shape index (κ2) is 9.03. The van der Waals surface area contributed by atoms with Crippen LogP contribution in [-0.4, -0.2) is 25.9 Å². The Kier molecular flexibility index (Phi) is 6.25. The summed E-state index contributed by atoms with van der Waals surface area (Å²) in [5.41, 5.74) is 0.813. The predicted molar refractivity (Wildman–Crippen MR) is 111 cm³/mol. The highest BCUT2D eigenvalue weighted by atomic mass is 32.2. The second-order valence-corrected chi connectivity index (χ2v) is 7.61. The van der Waals surface area contributed by atoms with Crippen LogP contribution in [0.3, 0.4) is 0 Å². The Labute approximate surface area is 169 Å². The number of aromatic nitrogens is 1.